The van der Waals surface area contributed by atoms with Crippen LogP contribution in [0, 0.1) is 0 Å². The average Bonchev–Trinajstić information content (AvgIpc) is 3.72. The van der Waals surface area contributed by atoms with Crippen molar-refractivity contribution in [2.45, 2.75) is 5.72 Å². The number of phenols is 15. The Balaban J connectivity index is 1.42. The fourth-order valence-electron chi connectivity index (χ4n) is 8.78. The van der Waals surface area contributed by atoms with Crippen LogP contribution < -0.4 is 5.73 Å². The number of phenolic OH excluding ortho intramolecular Hbond substituents is 15. The number of aromatic hydroxyl groups is 15. The number of fused-ring (bicyclic) bond motifs is 9. The second kappa shape index (κ2) is 11.5. The quantitative estimate of drug-likeness (QED) is 0.0405. The van der Waals surface area contributed by atoms with E-state index in [0.29, 0.717) is 21.9 Å². The minimum Gasteiger partial charge on any atom is -0.507 e. The Hall–Kier alpha value is -8.74. The molecule has 0 saturated heterocycles. The number of rotatable bonds is 2. The first-order valence-corrected chi connectivity index (χ1v) is 17.7. The predicted octanol–water partition coefficient (Wildman–Crippen LogP) is 6.10. The van der Waals surface area contributed by atoms with E-state index in [1.807, 2.05) is 30.3 Å². The summed E-state index contributed by atoms with van der Waals surface area (Å²) in [5.74, 6) is -20.5. The lowest BCUT2D eigenvalue weighted by Crippen LogP contribution is -2.35. The molecule has 0 saturated carbocycles. The van der Waals surface area contributed by atoms with Gasteiger partial charge in [0, 0.05) is 54.6 Å². The van der Waals surface area contributed by atoms with Crippen LogP contribution in [0.3, 0.4) is 0 Å². The molecule has 9 aromatic rings. The van der Waals surface area contributed by atoms with Crippen molar-refractivity contribution in [3.63, 3.8) is 0 Å². The minimum atomic E-state index is -3.25. The van der Waals surface area contributed by atoms with Gasteiger partial charge in [-0.05, 0) is 40.6 Å². The lowest BCUT2D eigenvalue weighted by atomic mass is 9.81. The van der Waals surface area contributed by atoms with Gasteiger partial charge >= 0.3 is 0 Å². The summed E-state index contributed by atoms with van der Waals surface area (Å²) in [6, 6.07) is 15.3. The van der Waals surface area contributed by atoms with Crippen LogP contribution in [0.15, 0.2) is 59.0 Å². The molecule has 1 aliphatic rings. The number of aliphatic hydroxyl groups is 1. The first-order valence-electron chi connectivity index (χ1n) is 17.7. The van der Waals surface area contributed by atoms with Crippen LogP contribution in [0.2, 0.25) is 0 Å². The fourth-order valence-corrected chi connectivity index (χ4v) is 8.78. The molecule has 0 fully saturated rings. The van der Waals surface area contributed by atoms with Crippen molar-refractivity contribution in [1.29, 1.82) is 0 Å². The van der Waals surface area contributed by atoms with Gasteiger partial charge < -0.3 is 86.1 Å². The summed E-state index contributed by atoms with van der Waals surface area (Å²) >= 11 is 0. The van der Waals surface area contributed by atoms with Crippen molar-refractivity contribution in [3.8, 4) is 120 Å². The summed E-state index contributed by atoms with van der Waals surface area (Å²) in [5.41, 5.74) is -2.83. The standard InChI is InChI=1S/C43H27NO17/c44-43(60)26-23(24-27(43)36(53)42(59)41(58)34(24)51)33(50)35(52)25(28(26)45)18-21-19(29(46)37(54)39(56)31(21)48)17(20-22(18)32(49)40(57)38(55)30(20)47)12-5-6-15-13(8-12)14-7-10-3-1-2-4-11(10)9-16(14)61-15/h1-9,45-60H,44H2. The molecule has 1 aromatic heterocycles. The third-order valence-electron chi connectivity index (χ3n) is 11.5. The molecule has 18 nitrogen and oxygen atoms in total. The molecule has 61 heavy (non-hydrogen) atoms. The first kappa shape index (κ1) is 36.6. The molecular weight excluding hydrogens is 802 g/mol. The highest BCUT2D eigenvalue weighted by atomic mass is 16.4. The molecule has 0 bridgehead atoms. The lowest BCUT2D eigenvalue weighted by molar-refractivity contribution is 0.0870. The fraction of sp³-hybridized carbons (Fsp3) is 0.0233. The summed E-state index contributed by atoms with van der Waals surface area (Å²) < 4.78 is 6.11. The summed E-state index contributed by atoms with van der Waals surface area (Å²) in [6.07, 6.45) is 0. The van der Waals surface area contributed by atoms with Crippen molar-refractivity contribution < 1.29 is 86.1 Å². The molecule has 10 rings (SSSR count). The zero-order valence-corrected chi connectivity index (χ0v) is 30.3. The van der Waals surface area contributed by atoms with Crippen LogP contribution in [0.4, 0.5) is 0 Å². The Morgan fingerprint density at radius 1 is 0.361 bits per heavy atom. The lowest BCUT2D eigenvalue weighted by Gasteiger charge is -2.26. The van der Waals surface area contributed by atoms with Crippen LogP contribution in [0.1, 0.15) is 11.1 Å². The molecule has 306 valence electrons. The van der Waals surface area contributed by atoms with Gasteiger partial charge in [-0.1, -0.05) is 30.3 Å². The van der Waals surface area contributed by atoms with E-state index in [2.05, 4.69) is 0 Å². The Morgan fingerprint density at radius 2 is 0.770 bits per heavy atom. The molecule has 18 heteroatoms. The molecule has 0 aliphatic heterocycles. The molecule has 1 heterocycles. The number of furan rings is 1. The molecular formula is C43H27NO17. The average molecular weight is 830 g/mol. The Morgan fingerprint density at radius 3 is 1.31 bits per heavy atom. The van der Waals surface area contributed by atoms with E-state index in [0.717, 1.165) is 10.8 Å². The van der Waals surface area contributed by atoms with E-state index >= 15 is 0 Å². The van der Waals surface area contributed by atoms with Gasteiger partial charge in [-0.3, -0.25) is 5.73 Å². The third kappa shape index (κ3) is 4.24. The summed E-state index contributed by atoms with van der Waals surface area (Å²) in [7, 11) is 0. The van der Waals surface area contributed by atoms with Gasteiger partial charge in [0.1, 0.15) is 16.9 Å². The van der Waals surface area contributed by atoms with Crippen LogP contribution in [-0.2, 0) is 5.72 Å². The molecule has 1 aliphatic carbocycles. The minimum absolute atomic E-state index is 0.0212. The van der Waals surface area contributed by atoms with E-state index < -0.39 is 152 Å². The topological polar surface area (TPSA) is 363 Å². The SMILES string of the molecule is NC1(O)c2c(O)c(O)c(O)c(O)c2-c2c(O)c(O)c(-c3c4c(O)c(O)c(O)c(O)c4c(-c4ccc5oc6cc7ccccc7cc6c5c4)c4c(O)c(O)c(O)c(O)c34)c(O)c21. The normalized spacial score (nSPS) is 14.8. The Kier molecular flexibility index (Phi) is 6.88. The van der Waals surface area contributed by atoms with E-state index in [9.17, 15) is 81.7 Å². The van der Waals surface area contributed by atoms with Gasteiger partial charge in [-0.2, -0.15) is 0 Å². The highest BCUT2D eigenvalue weighted by Crippen LogP contribution is 2.69. The largest absolute Gasteiger partial charge is 0.507 e. The number of hydrogen-bond donors (Lipinski definition) is 17. The number of nitrogens with two attached hydrogens (primary N) is 1. The van der Waals surface area contributed by atoms with Crippen molar-refractivity contribution >= 4 is 54.3 Å². The van der Waals surface area contributed by atoms with Crippen molar-refractivity contribution in [3.05, 3.63) is 65.7 Å². The molecule has 18 N–H and O–H groups in total. The van der Waals surface area contributed by atoms with Crippen molar-refractivity contribution in [2.75, 3.05) is 0 Å². The maximum Gasteiger partial charge on any atom is 0.204 e. The monoisotopic (exact) mass is 829 g/mol. The Bertz CT molecular complexity index is 3490. The van der Waals surface area contributed by atoms with Gasteiger partial charge in [0.05, 0.1) is 16.7 Å². The maximum absolute atomic E-state index is 12.1. The predicted molar refractivity (Wildman–Crippen MR) is 215 cm³/mol. The Labute approximate surface area is 336 Å². The number of hydrogen-bond acceptors (Lipinski definition) is 18. The second-order valence-electron chi connectivity index (χ2n) is 14.6. The van der Waals surface area contributed by atoms with E-state index in [4.69, 9.17) is 10.2 Å². The van der Waals surface area contributed by atoms with E-state index in [-0.39, 0.29) is 5.56 Å². The van der Waals surface area contributed by atoms with E-state index in [1.165, 1.54) is 18.2 Å². The van der Waals surface area contributed by atoms with Crippen LogP contribution in [0.25, 0.3) is 87.6 Å². The molecule has 1 atom stereocenters. The zero-order valence-electron chi connectivity index (χ0n) is 30.3. The van der Waals surface area contributed by atoms with Crippen molar-refractivity contribution in [1.82, 2.24) is 0 Å². The van der Waals surface area contributed by atoms with Gasteiger partial charge in [-0.25, -0.2) is 0 Å². The van der Waals surface area contributed by atoms with Gasteiger partial charge in [0.25, 0.3) is 0 Å². The molecule has 8 aromatic carbocycles. The summed E-state index contributed by atoms with van der Waals surface area (Å²) in [4.78, 5) is 0. The summed E-state index contributed by atoms with van der Waals surface area (Å²) in [6.45, 7) is 0. The van der Waals surface area contributed by atoms with Crippen LogP contribution >= 0.6 is 0 Å². The van der Waals surface area contributed by atoms with Gasteiger partial charge in [0.2, 0.25) is 34.5 Å². The smallest absolute Gasteiger partial charge is 0.204 e. The summed E-state index contributed by atoms with van der Waals surface area (Å²) in [5, 5.41) is 180. The first-order chi connectivity index (χ1) is 28.8. The van der Waals surface area contributed by atoms with E-state index in [1.54, 1.807) is 6.07 Å². The molecule has 1 unspecified atom stereocenters. The highest BCUT2D eigenvalue weighted by Gasteiger charge is 2.51. The highest BCUT2D eigenvalue weighted by molar-refractivity contribution is 6.30. The number of benzene rings is 8. The molecule has 0 spiro atoms. The van der Waals surface area contributed by atoms with Crippen LogP contribution in [0.5, 0.6) is 86.2 Å². The van der Waals surface area contributed by atoms with Gasteiger partial charge in [-0.15, -0.1) is 0 Å². The molecule has 0 amide bonds. The third-order valence-corrected chi connectivity index (χ3v) is 11.5. The van der Waals surface area contributed by atoms with Crippen LogP contribution in [-0.4, -0.2) is 81.7 Å². The van der Waals surface area contributed by atoms with Crippen molar-refractivity contribution in [2.24, 2.45) is 5.73 Å². The zero-order chi connectivity index (χ0) is 43.6. The maximum atomic E-state index is 12.1. The van der Waals surface area contributed by atoms with Gasteiger partial charge in [0.15, 0.2) is 51.7 Å². The molecule has 0 radical (unpaired) electrons. The second-order valence-corrected chi connectivity index (χ2v) is 14.6.